The lowest BCUT2D eigenvalue weighted by molar-refractivity contribution is 0.380. The normalized spacial score (nSPS) is 11.8. The average Bonchev–Trinajstić information content (AvgIpc) is 2.56. The van der Waals surface area contributed by atoms with E-state index in [1.165, 1.54) is 89.3 Å². The van der Waals surface area contributed by atoms with Crippen LogP contribution < -0.4 is 4.48 Å². The highest BCUT2D eigenvalue weighted by Crippen LogP contribution is 2.19. The molecule has 1 nitrogen and oxygen atoms in total. The molecule has 0 spiro atoms. The molecule has 1 aromatic carbocycles. The molecule has 0 aliphatic carbocycles. The quantitative estimate of drug-likeness (QED) is 0.257. The van der Waals surface area contributed by atoms with Gasteiger partial charge in [0.25, 0.3) is 0 Å². The molecule has 0 saturated carbocycles. The molecule has 0 bridgehead atoms. The molecular weight excluding hydrogens is 278 g/mol. The van der Waals surface area contributed by atoms with E-state index >= 15 is 0 Å². The van der Waals surface area contributed by atoms with Crippen LogP contribution in [0.25, 0.3) is 0 Å². The summed E-state index contributed by atoms with van der Waals surface area (Å²) in [5, 5.41) is 0. The van der Waals surface area contributed by atoms with Crippen LogP contribution >= 0.6 is 0 Å². The Morgan fingerprint density at radius 2 is 1.04 bits per heavy atom. The number of quaternary nitrogens is 1. The van der Waals surface area contributed by atoms with Gasteiger partial charge in [0, 0.05) is 0 Å². The Balaban J connectivity index is 1.93. The van der Waals surface area contributed by atoms with E-state index in [4.69, 9.17) is 0 Å². The topological polar surface area (TPSA) is 0 Å². The molecule has 1 aromatic rings. The summed E-state index contributed by atoms with van der Waals surface area (Å²) < 4.78 is 1.01. The standard InChI is InChI=1S/C22H40N/c1-4-5-6-7-8-9-10-11-12-13-14-18-21-23(2,3)22-19-16-15-17-20-22/h15-17,19-20H,4-14,18,21H2,1-3H3/q+1. The van der Waals surface area contributed by atoms with Crippen LogP contribution in [0.1, 0.15) is 84.0 Å². The highest BCUT2D eigenvalue weighted by Gasteiger charge is 2.17. The lowest BCUT2D eigenvalue weighted by Gasteiger charge is -2.29. The molecule has 23 heavy (non-hydrogen) atoms. The first-order chi connectivity index (χ1) is 11.2. The van der Waals surface area contributed by atoms with Crippen LogP contribution in [-0.2, 0) is 0 Å². The Bertz CT molecular complexity index is 369. The average molecular weight is 319 g/mol. The van der Waals surface area contributed by atoms with Crippen molar-refractivity contribution in [3.05, 3.63) is 30.3 Å². The molecule has 0 aliphatic heterocycles. The molecular formula is C22H40N+. The van der Waals surface area contributed by atoms with Crippen LogP contribution in [0.15, 0.2) is 30.3 Å². The minimum atomic E-state index is 1.01. The van der Waals surface area contributed by atoms with Crippen LogP contribution in [0.4, 0.5) is 5.69 Å². The molecule has 0 aliphatic rings. The fraction of sp³-hybridized carbons (Fsp3) is 0.727. The van der Waals surface area contributed by atoms with E-state index < -0.39 is 0 Å². The monoisotopic (exact) mass is 318 g/mol. The first kappa shape index (κ1) is 20.2. The van der Waals surface area contributed by atoms with Gasteiger partial charge in [0.15, 0.2) is 0 Å². The number of benzene rings is 1. The van der Waals surface area contributed by atoms with Gasteiger partial charge in [0.2, 0.25) is 0 Å². The third-order valence-corrected chi connectivity index (χ3v) is 5.03. The molecule has 0 unspecified atom stereocenters. The molecule has 0 radical (unpaired) electrons. The Morgan fingerprint density at radius 1 is 0.609 bits per heavy atom. The number of unbranched alkanes of at least 4 members (excludes halogenated alkanes) is 11. The van der Waals surface area contributed by atoms with Gasteiger partial charge in [-0.1, -0.05) is 89.3 Å². The van der Waals surface area contributed by atoms with Gasteiger partial charge >= 0.3 is 0 Å². The van der Waals surface area contributed by atoms with Crippen molar-refractivity contribution in [2.24, 2.45) is 0 Å². The largest absolute Gasteiger partial charge is 0.296 e. The molecule has 1 heteroatoms. The van der Waals surface area contributed by atoms with Gasteiger partial charge in [0.05, 0.1) is 20.6 Å². The van der Waals surface area contributed by atoms with Crippen molar-refractivity contribution in [1.29, 1.82) is 0 Å². The van der Waals surface area contributed by atoms with Crippen LogP contribution in [0, 0.1) is 0 Å². The first-order valence-electron chi connectivity index (χ1n) is 10.1. The molecule has 0 aromatic heterocycles. The minimum absolute atomic E-state index is 1.01. The third-order valence-electron chi connectivity index (χ3n) is 5.03. The molecule has 1 rings (SSSR count). The predicted octanol–water partition coefficient (Wildman–Crippen LogP) is 6.95. The Kier molecular flexibility index (Phi) is 11.1. The number of hydrogen-bond donors (Lipinski definition) is 0. The first-order valence-corrected chi connectivity index (χ1v) is 10.1. The van der Waals surface area contributed by atoms with Gasteiger partial charge in [-0.2, -0.15) is 0 Å². The van der Waals surface area contributed by atoms with Crippen molar-refractivity contribution in [3.63, 3.8) is 0 Å². The lowest BCUT2D eigenvalue weighted by Crippen LogP contribution is -2.41. The molecule has 132 valence electrons. The summed E-state index contributed by atoms with van der Waals surface area (Å²) in [6.45, 7) is 3.54. The minimum Gasteiger partial charge on any atom is -0.296 e. The maximum Gasteiger partial charge on any atom is 0.132 e. The number of hydrogen-bond acceptors (Lipinski definition) is 0. The lowest BCUT2D eigenvalue weighted by atomic mass is 10.1. The molecule has 0 amide bonds. The molecule has 0 N–H and O–H groups in total. The van der Waals surface area contributed by atoms with Crippen LogP contribution in [-0.4, -0.2) is 20.6 Å². The zero-order valence-electron chi connectivity index (χ0n) is 16.0. The van der Waals surface area contributed by atoms with Crippen LogP contribution in [0.2, 0.25) is 0 Å². The van der Waals surface area contributed by atoms with E-state index in [1.807, 2.05) is 0 Å². The summed E-state index contributed by atoms with van der Waals surface area (Å²) in [6.07, 6.45) is 17.1. The third kappa shape index (κ3) is 9.81. The Labute approximate surface area is 145 Å². The van der Waals surface area contributed by atoms with Gasteiger partial charge in [-0.05, 0) is 25.0 Å². The van der Waals surface area contributed by atoms with Crippen molar-refractivity contribution in [2.45, 2.75) is 84.0 Å². The van der Waals surface area contributed by atoms with Crippen molar-refractivity contribution < 1.29 is 0 Å². The van der Waals surface area contributed by atoms with E-state index in [-0.39, 0.29) is 0 Å². The van der Waals surface area contributed by atoms with Crippen molar-refractivity contribution in [1.82, 2.24) is 4.48 Å². The second-order valence-electron chi connectivity index (χ2n) is 7.63. The highest BCUT2D eigenvalue weighted by molar-refractivity contribution is 5.40. The summed E-state index contributed by atoms with van der Waals surface area (Å²) in [4.78, 5) is 0. The maximum absolute atomic E-state index is 2.33. The number of para-hydroxylation sites is 1. The Hall–Kier alpha value is -0.820. The van der Waals surface area contributed by atoms with E-state index in [2.05, 4.69) is 51.4 Å². The summed E-state index contributed by atoms with van der Waals surface area (Å²) in [7, 11) is 4.65. The number of rotatable bonds is 14. The summed E-state index contributed by atoms with van der Waals surface area (Å²) in [6, 6.07) is 10.9. The molecule has 0 fully saturated rings. The van der Waals surface area contributed by atoms with Crippen molar-refractivity contribution in [3.8, 4) is 0 Å². The molecule has 0 heterocycles. The van der Waals surface area contributed by atoms with E-state index in [1.54, 1.807) is 0 Å². The second-order valence-corrected chi connectivity index (χ2v) is 7.63. The van der Waals surface area contributed by atoms with Crippen molar-refractivity contribution >= 4 is 5.69 Å². The van der Waals surface area contributed by atoms with Gasteiger partial charge in [-0.3, -0.25) is 4.48 Å². The summed E-state index contributed by atoms with van der Waals surface area (Å²) >= 11 is 0. The SMILES string of the molecule is CCCCCCCCCCCCCC[N+](C)(C)c1ccccc1. The predicted molar refractivity (Wildman–Crippen MR) is 106 cm³/mol. The second kappa shape index (κ2) is 12.6. The summed E-state index contributed by atoms with van der Waals surface area (Å²) in [5.74, 6) is 0. The fourth-order valence-electron chi connectivity index (χ4n) is 3.31. The zero-order chi connectivity index (χ0) is 16.8. The van der Waals surface area contributed by atoms with E-state index in [0.29, 0.717) is 0 Å². The van der Waals surface area contributed by atoms with E-state index in [0.717, 1.165) is 4.48 Å². The van der Waals surface area contributed by atoms with E-state index in [9.17, 15) is 0 Å². The Morgan fingerprint density at radius 3 is 1.52 bits per heavy atom. The van der Waals surface area contributed by atoms with Gasteiger partial charge < -0.3 is 0 Å². The fourth-order valence-corrected chi connectivity index (χ4v) is 3.31. The number of nitrogens with zero attached hydrogens (tertiary/aromatic N) is 1. The highest BCUT2D eigenvalue weighted by atomic mass is 15.3. The maximum atomic E-state index is 2.33. The van der Waals surface area contributed by atoms with Gasteiger partial charge in [-0.15, -0.1) is 0 Å². The molecule has 0 atom stereocenters. The van der Waals surface area contributed by atoms with Gasteiger partial charge in [-0.25, -0.2) is 0 Å². The smallest absolute Gasteiger partial charge is 0.132 e. The van der Waals surface area contributed by atoms with Crippen molar-refractivity contribution in [2.75, 3.05) is 20.6 Å². The van der Waals surface area contributed by atoms with Gasteiger partial charge in [0.1, 0.15) is 5.69 Å². The summed E-state index contributed by atoms with van der Waals surface area (Å²) in [5.41, 5.74) is 1.43. The zero-order valence-corrected chi connectivity index (χ0v) is 16.0. The van der Waals surface area contributed by atoms with Crippen LogP contribution in [0.3, 0.4) is 0 Å². The molecule has 0 saturated heterocycles. The van der Waals surface area contributed by atoms with Crippen LogP contribution in [0.5, 0.6) is 0 Å².